The molecule has 1 fully saturated rings. The average molecular weight is 224 g/mol. The first-order chi connectivity index (χ1) is 7.74. The van der Waals surface area contributed by atoms with E-state index >= 15 is 0 Å². The maximum absolute atomic E-state index is 10.5. The fourth-order valence-electron chi connectivity index (χ4n) is 2.92. The summed E-state index contributed by atoms with van der Waals surface area (Å²) in [6, 6.07) is 0. The Morgan fingerprint density at radius 3 is 2.81 bits per heavy atom. The van der Waals surface area contributed by atoms with Crippen LogP contribution >= 0.6 is 0 Å². The van der Waals surface area contributed by atoms with Crippen molar-refractivity contribution < 1.29 is 9.84 Å². The van der Waals surface area contributed by atoms with Gasteiger partial charge in [-0.1, -0.05) is 18.9 Å². The number of hydrogen-bond acceptors (Lipinski definition) is 2. The van der Waals surface area contributed by atoms with Gasteiger partial charge in [0.2, 0.25) is 0 Å². The molecular formula is C14H24O2. The van der Waals surface area contributed by atoms with Crippen molar-refractivity contribution in [2.24, 2.45) is 0 Å². The zero-order valence-corrected chi connectivity index (χ0v) is 10.4. The third-order valence-corrected chi connectivity index (χ3v) is 3.92. The van der Waals surface area contributed by atoms with Crippen LogP contribution in [0.3, 0.4) is 0 Å². The van der Waals surface area contributed by atoms with Gasteiger partial charge in [0.25, 0.3) is 0 Å². The van der Waals surface area contributed by atoms with E-state index in [0.717, 1.165) is 32.3 Å². The van der Waals surface area contributed by atoms with Crippen molar-refractivity contribution in [3.63, 3.8) is 0 Å². The van der Waals surface area contributed by atoms with Crippen LogP contribution in [0.4, 0.5) is 0 Å². The summed E-state index contributed by atoms with van der Waals surface area (Å²) < 4.78 is 5.53. The molecule has 0 aromatic carbocycles. The van der Waals surface area contributed by atoms with E-state index in [2.05, 4.69) is 6.08 Å². The molecule has 0 amide bonds. The Morgan fingerprint density at radius 2 is 2.06 bits per heavy atom. The molecule has 2 aliphatic rings. The molecule has 0 unspecified atom stereocenters. The molecule has 0 radical (unpaired) electrons. The first-order valence-corrected chi connectivity index (χ1v) is 6.78. The summed E-state index contributed by atoms with van der Waals surface area (Å²) in [6.45, 7) is 2.78. The third kappa shape index (κ3) is 2.67. The topological polar surface area (TPSA) is 29.5 Å². The van der Waals surface area contributed by atoms with E-state index in [9.17, 15) is 5.11 Å². The van der Waals surface area contributed by atoms with E-state index in [1.54, 1.807) is 0 Å². The molecule has 2 heteroatoms. The Labute approximate surface area is 98.7 Å². The Morgan fingerprint density at radius 1 is 1.31 bits per heavy atom. The lowest BCUT2D eigenvalue weighted by molar-refractivity contribution is -0.117. The lowest BCUT2D eigenvalue weighted by atomic mass is 9.70. The van der Waals surface area contributed by atoms with Crippen molar-refractivity contribution in [1.29, 1.82) is 0 Å². The first kappa shape index (κ1) is 12.1. The van der Waals surface area contributed by atoms with Gasteiger partial charge in [0.05, 0.1) is 11.7 Å². The molecule has 2 aliphatic carbocycles. The molecule has 0 heterocycles. The molecule has 0 aromatic heterocycles. The maximum Gasteiger partial charge on any atom is 0.0906 e. The van der Waals surface area contributed by atoms with Crippen LogP contribution in [-0.4, -0.2) is 23.4 Å². The SMILES string of the molecule is CCOC1CC(O)(C2=CCCCCCC2)C1. The van der Waals surface area contributed by atoms with Gasteiger partial charge in [-0.05, 0) is 38.2 Å². The molecule has 0 bridgehead atoms. The highest BCUT2D eigenvalue weighted by Gasteiger charge is 2.45. The van der Waals surface area contributed by atoms with Crippen molar-refractivity contribution in [2.45, 2.75) is 70.0 Å². The molecule has 0 aromatic rings. The second-order valence-corrected chi connectivity index (χ2v) is 5.20. The van der Waals surface area contributed by atoms with E-state index in [1.807, 2.05) is 6.92 Å². The summed E-state index contributed by atoms with van der Waals surface area (Å²) in [5, 5.41) is 10.5. The van der Waals surface area contributed by atoms with Crippen molar-refractivity contribution >= 4 is 0 Å². The summed E-state index contributed by atoms with van der Waals surface area (Å²) in [4.78, 5) is 0. The van der Waals surface area contributed by atoms with Crippen LogP contribution in [0, 0.1) is 0 Å². The Kier molecular flexibility index (Phi) is 4.04. The van der Waals surface area contributed by atoms with Crippen LogP contribution in [-0.2, 0) is 4.74 Å². The van der Waals surface area contributed by atoms with Crippen molar-refractivity contribution in [2.75, 3.05) is 6.61 Å². The molecular weight excluding hydrogens is 200 g/mol. The lowest BCUT2D eigenvalue weighted by Crippen LogP contribution is -2.49. The average Bonchev–Trinajstić information content (AvgIpc) is 2.14. The van der Waals surface area contributed by atoms with Gasteiger partial charge in [-0.3, -0.25) is 0 Å². The van der Waals surface area contributed by atoms with Gasteiger partial charge >= 0.3 is 0 Å². The molecule has 1 saturated carbocycles. The van der Waals surface area contributed by atoms with Crippen LogP contribution in [0.15, 0.2) is 11.6 Å². The van der Waals surface area contributed by atoms with Crippen LogP contribution in [0.1, 0.15) is 58.3 Å². The molecule has 16 heavy (non-hydrogen) atoms. The van der Waals surface area contributed by atoms with Crippen LogP contribution in [0.25, 0.3) is 0 Å². The third-order valence-electron chi connectivity index (χ3n) is 3.92. The first-order valence-electron chi connectivity index (χ1n) is 6.78. The van der Waals surface area contributed by atoms with Gasteiger partial charge in [-0.15, -0.1) is 0 Å². The normalized spacial score (nSPS) is 35.9. The number of hydrogen-bond donors (Lipinski definition) is 1. The van der Waals surface area contributed by atoms with Gasteiger partial charge in [-0.25, -0.2) is 0 Å². The van der Waals surface area contributed by atoms with Gasteiger partial charge in [0.15, 0.2) is 0 Å². The zero-order valence-electron chi connectivity index (χ0n) is 10.4. The van der Waals surface area contributed by atoms with Gasteiger partial charge in [0.1, 0.15) is 0 Å². The van der Waals surface area contributed by atoms with Crippen LogP contribution < -0.4 is 0 Å². The van der Waals surface area contributed by atoms with Crippen molar-refractivity contribution in [3.8, 4) is 0 Å². The molecule has 0 saturated heterocycles. The van der Waals surface area contributed by atoms with Crippen molar-refractivity contribution in [1.82, 2.24) is 0 Å². The summed E-state index contributed by atoms with van der Waals surface area (Å²) in [5.41, 5.74) is 0.778. The quantitative estimate of drug-likeness (QED) is 0.746. The minimum atomic E-state index is -0.517. The second kappa shape index (κ2) is 5.33. The summed E-state index contributed by atoms with van der Waals surface area (Å²) in [5.74, 6) is 0. The van der Waals surface area contributed by atoms with E-state index in [-0.39, 0.29) is 0 Å². The number of ether oxygens (including phenoxy) is 1. The number of allylic oxidation sites excluding steroid dienone is 1. The standard InChI is InChI=1S/C14H24O2/c1-2-16-13-10-14(15,11-13)12-8-6-4-3-5-7-9-12/h8,13,15H,2-7,9-11H2,1H3. The molecule has 2 nitrogen and oxygen atoms in total. The Hall–Kier alpha value is -0.340. The summed E-state index contributed by atoms with van der Waals surface area (Å²) >= 11 is 0. The fraction of sp³-hybridized carbons (Fsp3) is 0.857. The number of aliphatic hydroxyl groups is 1. The summed E-state index contributed by atoms with van der Waals surface area (Å²) in [7, 11) is 0. The minimum Gasteiger partial charge on any atom is -0.385 e. The van der Waals surface area contributed by atoms with E-state index in [4.69, 9.17) is 4.74 Å². The van der Waals surface area contributed by atoms with Gasteiger partial charge in [0, 0.05) is 19.4 Å². The highest BCUT2D eigenvalue weighted by Crippen LogP contribution is 2.42. The highest BCUT2D eigenvalue weighted by molar-refractivity contribution is 5.22. The minimum absolute atomic E-state index is 0.293. The largest absolute Gasteiger partial charge is 0.385 e. The lowest BCUT2D eigenvalue weighted by Gasteiger charge is -2.45. The molecule has 0 atom stereocenters. The Bertz CT molecular complexity index is 251. The van der Waals surface area contributed by atoms with Gasteiger partial charge in [-0.2, -0.15) is 0 Å². The molecule has 2 rings (SSSR count). The molecule has 92 valence electrons. The molecule has 0 aliphatic heterocycles. The smallest absolute Gasteiger partial charge is 0.0906 e. The van der Waals surface area contributed by atoms with E-state index in [1.165, 1.54) is 31.3 Å². The van der Waals surface area contributed by atoms with Crippen LogP contribution in [0.2, 0.25) is 0 Å². The molecule has 0 spiro atoms. The monoisotopic (exact) mass is 224 g/mol. The van der Waals surface area contributed by atoms with Crippen molar-refractivity contribution in [3.05, 3.63) is 11.6 Å². The number of rotatable bonds is 3. The predicted molar refractivity (Wildman–Crippen MR) is 65.4 cm³/mol. The summed E-state index contributed by atoms with van der Waals surface area (Å²) in [6.07, 6.45) is 11.7. The molecule has 1 N–H and O–H groups in total. The fourth-order valence-corrected chi connectivity index (χ4v) is 2.92. The maximum atomic E-state index is 10.5. The van der Waals surface area contributed by atoms with E-state index in [0.29, 0.717) is 6.10 Å². The Balaban J connectivity index is 1.90. The zero-order chi connectivity index (χ0) is 11.4. The van der Waals surface area contributed by atoms with Gasteiger partial charge < -0.3 is 9.84 Å². The predicted octanol–water partition coefficient (Wildman–Crippen LogP) is 3.20. The van der Waals surface area contributed by atoms with Crippen LogP contribution in [0.5, 0.6) is 0 Å². The highest BCUT2D eigenvalue weighted by atomic mass is 16.5. The second-order valence-electron chi connectivity index (χ2n) is 5.20. The van der Waals surface area contributed by atoms with E-state index < -0.39 is 5.60 Å².